The molecule has 95 valence electrons. The molecule has 0 bridgehead atoms. The molecule has 0 aliphatic carbocycles. The normalized spacial score (nSPS) is 17.8. The Morgan fingerprint density at radius 3 is 2.95 bits per heavy atom. The van der Waals surface area contributed by atoms with E-state index in [1.807, 2.05) is 50.6 Å². The second-order valence-electron chi connectivity index (χ2n) is 4.13. The van der Waals surface area contributed by atoms with Crippen LogP contribution in [-0.2, 0) is 4.79 Å². The molecule has 1 amide bonds. The molecule has 0 saturated carbocycles. The average Bonchev–Trinajstić information content (AvgIpc) is 2.83. The van der Waals surface area contributed by atoms with Crippen LogP contribution in [-0.4, -0.2) is 21.5 Å². The van der Waals surface area contributed by atoms with Crippen LogP contribution in [0.5, 0.6) is 0 Å². The van der Waals surface area contributed by atoms with Gasteiger partial charge in [0.05, 0.1) is 22.9 Å². The van der Waals surface area contributed by atoms with Crippen molar-refractivity contribution in [2.45, 2.75) is 0 Å². The monoisotopic (exact) mass is 366 g/mol. The highest BCUT2D eigenvalue weighted by Gasteiger charge is 2.34. The minimum absolute atomic E-state index is 0.193. The van der Waals surface area contributed by atoms with E-state index >= 15 is 0 Å². The van der Waals surface area contributed by atoms with Gasteiger partial charge >= 0.3 is 0 Å². The van der Waals surface area contributed by atoms with Crippen LogP contribution in [0.3, 0.4) is 0 Å². The van der Waals surface area contributed by atoms with Crippen molar-refractivity contribution in [1.29, 1.82) is 0 Å². The molecule has 6 heteroatoms. The number of carbonyl (C=O) groups is 1. The summed E-state index contributed by atoms with van der Waals surface area (Å²) in [5, 5.41) is 2.82. The zero-order valence-corrected chi connectivity index (χ0v) is 12.1. The van der Waals surface area contributed by atoms with Gasteiger partial charge in [0.2, 0.25) is 6.67 Å². The number of amides is 1. The number of carbonyl (C=O) groups excluding carboxylic acids is 1. The Kier molecular flexibility index (Phi) is 3.34. The third-order valence-electron chi connectivity index (χ3n) is 2.74. The third-order valence-corrected chi connectivity index (χ3v) is 3.37. The van der Waals surface area contributed by atoms with Crippen molar-refractivity contribution in [3.05, 3.63) is 54.5 Å². The molecule has 3 rings (SSSR count). The highest BCUT2D eigenvalue weighted by molar-refractivity contribution is 14.1. The number of halogens is 1. The molecule has 0 aromatic heterocycles. The fourth-order valence-electron chi connectivity index (χ4n) is 1.84. The number of aliphatic imine (C=N–C) groups is 1. The summed E-state index contributed by atoms with van der Waals surface area (Å²) in [6, 6.07) is 9.36. The van der Waals surface area contributed by atoms with Crippen molar-refractivity contribution in [3.63, 3.8) is 0 Å². The Morgan fingerprint density at radius 1 is 1.37 bits per heavy atom. The predicted octanol–water partition coefficient (Wildman–Crippen LogP) is 2.16. The molecule has 0 atom stereocenters. The van der Waals surface area contributed by atoms with Crippen molar-refractivity contribution in [2.75, 3.05) is 12.0 Å². The zero-order valence-electron chi connectivity index (χ0n) is 9.95. The molecule has 1 N–H and O–H groups in total. The van der Waals surface area contributed by atoms with Crippen molar-refractivity contribution >= 4 is 40.3 Å². The van der Waals surface area contributed by atoms with Gasteiger partial charge in [0.1, 0.15) is 0 Å². The summed E-state index contributed by atoms with van der Waals surface area (Å²) in [4.78, 5) is 18.3. The lowest BCUT2D eigenvalue weighted by molar-refractivity contribution is -0.112. The molecule has 2 heterocycles. The largest absolute Gasteiger partial charge is 0.320 e. The Bertz CT molecular complexity index is 594. The molecule has 2 aliphatic rings. The number of fused-ring (bicyclic) bond motifs is 1. The number of benzene rings is 1. The fourth-order valence-corrected chi connectivity index (χ4v) is 2.33. The summed E-state index contributed by atoms with van der Waals surface area (Å²) in [5.41, 5.74) is 1.19. The Morgan fingerprint density at radius 2 is 2.16 bits per heavy atom. The van der Waals surface area contributed by atoms with Crippen LogP contribution in [0.25, 0.3) is 0 Å². The summed E-state index contributed by atoms with van der Waals surface area (Å²) >= 11 is 2.20. The highest BCUT2D eigenvalue weighted by atomic mass is 127. The van der Waals surface area contributed by atoms with Gasteiger partial charge in [-0.25, -0.2) is 0 Å². The number of rotatable bonds is 2. The van der Waals surface area contributed by atoms with Crippen LogP contribution in [0, 0.1) is 0 Å². The topological polar surface area (TPSA) is 50.6 Å². The van der Waals surface area contributed by atoms with Gasteiger partial charge in [0, 0.05) is 18.0 Å². The molecule has 0 unspecified atom stereocenters. The highest BCUT2D eigenvalue weighted by Crippen LogP contribution is 2.18. The lowest BCUT2D eigenvalue weighted by Gasteiger charge is -2.14. The summed E-state index contributed by atoms with van der Waals surface area (Å²) < 4.78 is 1.99. The van der Waals surface area contributed by atoms with Crippen LogP contribution < -0.4 is 10.2 Å². The molecular weight excluding hydrogens is 355 g/mol. The Hall–Kier alpha value is -1.67. The molecule has 0 fully saturated rings. The Balaban J connectivity index is 1.74. The lowest BCUT2D eigenvalue weighted by atomic mass is 10.3. The molecule has 0 spiro atoms. The molecule has 1 aromatic carbocycles. The van der Waals surface area contributed by atoms with Gasteiger partial charge in [-0.2, -0.15) is 4.99 Å². The number of para-hydroxylation sites is 1. The van der Waals surface area contributed by atoms with Crippen LogP contribution in [0.15, 0.2) is 59.5 Å². The first-order valence-corrected chi connectivity index (χ1v) is 6.73. The van der Waals surface area contributed by atoms with E-state index in [1.54, 1.807) is 6.20 Å². The maximum absolute atomic E-state index is 12.1. The Labute approximate surface area is 124 Å². The first-order valence-electron chi connectivity index (χ1n) is 5.76. The SMILES string of the molecule is O=C(Nc1ccccc1)C1=C[N+]2CN(I)C=CC2=N1. The van der Waals surface area contributed by atoms with E-state index in [4.69, 9.17) is 0 Å². The molecule has 19 heavy (non-hydrogen) atoms. The standard InChI is InChI=1S/C13H11IN4O/c14-18-7-6-12-16-11(8-17(12)9-18)13(19)15-10-4-2-1-3-5-10/h1-8H,9H2,(H,15,19)/q+1. The lowest BCUT2D eigenvalue weighted by Crippen LogP contribution is -2.37. The van der Waals surface area contributed by atoms with Crippen LogP contribution >= 0.6 is 22.9 Å². The van der Waals surface area contributed by atoms with Gasteiger partial charge in [-0.15, -0.1) is 0 Å². The maximum atomic E-state index is 12.1. The van der Waals surface area contributed by atoms with E-state index in [-0.39, 0.29) is 5.91 Å². The molecule has 2 aliphatic heterocycles. The van der Waals surface area contributed by atoms with Gasteiger partial charge in [0.15, 0.2) is 11.9 Å². The number of hydrogen-bond acceptors (Lipinski definition) is 4. The van der Waals surface area contributed by atoms with Crippen LogP contribution in [0.1, 0.15) is 0 Å². The van der Waals surface area contributed by atoms with Crippen molar-refractivity contribution in [1.82, 2.24) is 8.01 Å². The predicted molar refractivity (Wildman–Crippen MR) is 82.6 cm³/mol. The number of nitrogens with one attached hydrogen (secondary N) is 1. The van der Waals surface area contributed by atoms with Gasteiger partial charge in [-0.1, -0.05) is 23.1 Å². The van der Waals surface area contributed by atoms with Gasteiger partial charge < -0.3 is 5.32 Å². The summed E-state index contributed by atoms with van der Waals surface area (Å²) in [5.74, 6) is 0.604. The van der Waals surface area contributed by atoms with Crippen LogP contribution in [0.4, 0.5) is 5.69 Å². The molecular formula is C13H11IN4O+. The molecule has 1 radical (unpaired) electrons. The van der Waals surface area contributed by atoms with Gasteiger partial charge in [-0.3, -0.25) is 7.91 Å². The quantitative estimate of drug-likeness (QED) is 0.496. The van der Waals surface area contributed by atoms with Gasteiger partial charge in [-0.05, 0) is 12.1 Å². The molecule has 5 nitrogen and oxygen atoms in total. The minimum Gasteiger partial charge on any atom is -0.320 e. The first kappa shape index (κ1) is 12.4. The van der Waals surface area contributed by atoms with Gasteiger partial charge in [0.25, 0.3) is 11.7 Å². The number of amidine groups is 1. The molecule has 0 saturated heterocycles. The minimum atomic E-state index is -0.193. The summed E-state index contributed by atoms with van der Waals surface area (Å²) in [7, 11) is 0. The maximum Gasteiger partial charge on any atom is 0.285 e. The summed E-state index contributed by atoms with van der Waals surface area (Å²) in [6.45, 7) is 0.692. The second kappa shape index (κ2) is 5.14. The molecule has 1 aromatic rings. The van der Waals surface area contributed by atoms with E-state index in [2.05, 4.69) is 33.2 Å². The van der Waals surface area contributed by atoms with Crippen LogP contribution in [0.2, 0.25) is 0 Å². The number of nitrogens with zero attached hydrogens (tertiary/aromatic N) is 3. The van der Waals surface area contributed by atoms with E-state index in [0.717, 1.165) is 11.5 Å². The number of hydrogen-bond donors (Lipinski definition) is 1. The van der Waals surface area contributed by atoms with E-state index in [1.165, 1.54) is 0 Å². The van der Waals surface area contributed by atoms with E-state index in [0.29, 0.717) is 12.4 Å². The van der Waals surface area contributed by atoms with Crippen molar-refractivity contribution < 1.29 is 4.79 Å². The van der Waals surface area contributed by atoms with E-state index in [9.17, 15) is 4.79 Å². The number of anilines is 1. The summed E-state index contributed by atoms with van der Waals surface area (Å²) in [6.07, 6.45) is 5.58. The fraction of sp³-hybridized carbons (Fsp3) is 0.0769. The van der Waals surface area contributed by atoms with E-state index < -0.39 is 0 Å². The first-order chi connectivity index (χ1) is 9.22. The van der Waals surface area contributed by atoms with Crippen molar-refractivity contribution in [2.24, 2.45) is 4.99 Å². The average molecular weight is 366 g/mol. The second-order valence-corrected chi connectivity index (χ2v) is 5.37. The smallest absolute Gasteiger partial charge is 0.285 e. The zero-order chi connectivity index (χ0) is 13.2. The van der Waals surface area contributed by atoms with Crippen molar-refractivity contribution in [3.8, 4) is 0 Å². The third kappa shape index (κ3) is 2.69.